The number of ether oxygens (including phenoxy) is 1. The van der Waals surface area contributed by atoms with E-state index < -0.39 is 28.1 Å². The second-order valence-corrected chi connectivity index (χ2v) is 11.5. The Labute approximate surface area is 214 Å². The fraction of sp³-hybridized carbons (Fsp3) is 0.192. The molecule has 6 nitrogen and oxygen atoms in total. The van der Waals surface area contributed by atoms with Crippen LogP contribution in [0.5, 0.6) is 5.75 Å². The second-order valence-electron chi connectivity index (χ2n) is 8.62. The molecular formula is C26H20F3NO5S2. The van der Waals surface area contributed by atoms with Crippen LogP contribution in [-0.4, -0.2) is 25.9 Å². The van der Waals surface area contributed by atoms with Crippen molar-refractivity contribution in [3.8, 4) is 5.75 Å². The summed E-state index contributed by atoms with van der Waals surface area (Å²) in [6.45, 7) is -0.137. The molecule has 1 fully saturated rings. The van der Waals surface area contributed by atoms with Gasteiger partial charge in [0.25, 0.3) is 10.0 Å². The van der Waals surface area contributed by atoms with Crippen LogP contribution >= 0.6 is 11.3 Å². The minimum atomic E-state index is -4.84. The Morgan fingerprint density at radius 2 is 1.65 bits per heavy atom. The maximum Gasteiger partial charge on any atom is 0.573 e. The molecule has 0 amide bonds. The van der Waals surface area contributed by atoms with E-state index >= 15 is 0 Å². The summed E-state index contributed by atoms with van der Waals surface area (Å²) in [7, 11) is -4.17. The zero-order valence-corrected chi connectivity index (χ0v) is 20.7. The topological polar surface area (TPSA) is 83.9 Å². The first kappa shape index (κ1) is 25.1. The van der Waals surface area contributed by atoms with Crippen molar-refractivity contribution in [2.24, 2.45) is 0 Å². The van der Waals surface area contributed by atoms with Gasteiger partial charge in [0.1, 0.15) is 10.8 Å². The summed E-state index contributed by atoms with van der Waals surface area (Å²) < 4.78 is 71.8. The van der Waals surface area contributed by atoms with E-state index in [4.69, 9.17) is 0 Å². The van der Waals surface area contributed by atoms with Crippen molar-refractivity contribution >= 4 is 42.4 Å². The molecule has 1 aromatic heterocycles. The van der Waals surface area contributed by atoms with Crippen molar-refractivity contribution in [2.75, 3.05) is 4.31 Å². The largest absolute Gasteiger partial charge is 0.573 e. The van der Waals surface area contributed by atoms with E-state index in [0.717, 1.165) is 40.6 Å². The van der Waals surface area contributed by atoms with Gasteiger partial charge in [-0.25, -0.2) is 13.2 Å². The number of rotatable bonds is 8. The molecule has 192 valence electrons. The van der Waals surface area contributed by atoms with Gasteiger partial charge in [-0.15, -0.1) is 24.5 Å². The number of hydrogen-bond donors (Lipinski definition) is 1. The van der Waals surface area contributed by atoms with Crippen molar-refractivity contribution in [2.45, 2.75) is 36.6 Å². The minimum absolute atomic E-state index is 0.0497. The number of aromatic carboxylic acids is 1. The number of fused-ring (bicyclic) bond motifs is 1. The van der Waals surface area contributed by atoms with E-state index in [2.05, 4.69) is 4.74 Å². The fourth-order valence-electron chi connectivity index (χ4n) is 4.13. The van der Waals surface area contributed by atoms with Gasteiger partial charge in [-0.1, -0.05) is 30.3 Å². The minimum Gasteiger partial charge on any atom is -0.478 e. The van der Waals surface area contributed by atoms with E-state index in [1.165, 1.54) is 52.0 Å². The lowest BCUT2D eigenvalue weighted by atomic mass is 10.1. The molecule has 4 aromatic rings. The van der Waals surface area contributed by atoms with E-state index in [9.17, 15) is 31.5 Å². The van der Waals surface area contributed by atoms with Gasteiger partial charge in [-0.05, 0) is 77.7 Å². The van der Waals surface area contributed by atoms with Gasteiger partial charge in [0.2, 0.25) is 0 Å². The van der Waals surface area contributed by atoms with Crippen molar-refractivity contribution in [3.05, 3.63) is 89.5 Å². The molecule has 0 bridgehead atoms. The summed E-state index contributed by atoms with van der Waals surface area (Å²) in [4.78, 5) is 11.2. The Bertz CT molecular complexity index is 1560. The van der Waals surface area contributed by atoms with Crippen LogP contribution in [0.2, 0.25) is 0 Å². The summed E-state index contributed by atoms with van der Waals surface area (Å²) in [5.41, 5.74) is 1.34. The van der Waals surface area contributed by atoms with Crippen molar-refractivity contribution in [3.63, 3.8) is 0 Å². The molecule has 0 unspecified atom stereocenters. The smallest absolute Gasteiger partial charge is 0.478 e. The molecule has 0 aliphatic heterocycles. The number of nitrogens with zero attached hydrogens (tertiary/aromatic N) is 1. The lowest BCUT2D eigenvalue weighted by Gasteiger charge is -2.25. The Morgan fingerprint density at radius 1 is 1.00 bits per heavy atom. The van der Waals surface area contributed by atoms with E-state index in [1.54, 1.807) is 0 Å². The molecule has 1 aliphatic rings. The van der Waals surface area contributed by atoms with Crippen molar-refractivity contribution in [1.29, 1.82) is 0 Å². The molecule has 0 spiro atoms. The second kappa shape index (κ2) is 9.38. The van der Waals surface area contributed by atoms with E-state index in [1.807, 2.05) is 24.3 Å². The molecule has 1 saturated carbocycles. The number of sulfonamides is 1. The number of hydrogen-bond acceptors (Lipinski definition) is 5. The quantitative estimate of drug-likeness (QED) is 0.263. The van der Waals surface area contributed by atoms with Crippen molar-refractivity contribution in [1.82, 2.24) is 0 Å². The van der Waals surface area contributed by atoms with Crippen LogP contribution in [0.25, 0.3) is 10.1 Å². The number of anilines is 1. The van der Waals surface area contributed by atoms with E-state index in [0.29, 0.717) is 10.6 Å². The molecule has 3 aromatic carbocycles. The molecule has 0 radical (unpaired) electrons. The zero-order valence-electron chi connectivity index (χ0n) is 19.1. The number of carbonyl (C=O) groups is 1. The number of benzene rings is 3. The Morgan fingerprint density at radius 3 is 2.24 bits per heavy atom. The standard InChI is InChI=1S/C26H20F3NO5S2/c27-26(28,29)35-19-11-5-16(6-12-19)15-30(37(33,34)20-13-9-18(10-14-20)25(31)32)24-23(17-7-8-17)21-3-1-2-4-22(21)36-24/h1-6,9-14,17H,7-8,15H2,(H,31,32). The van der Waals surface area contributed by atoms with E-state index in [-0.39, 0.29) is 22.9 Å². The third-order valence-electron chi connectivity index (χ3n) is 6.00. The molecule has 1 heterocycles. The highest BCUT2D eigenvalue weighted by atomic mass is 32.2. The van der Waals surface area contributed by atoms with Crippen molar-refractivity contribution < 1.29 is 36.2 Å². The third kappa shape index (κ3) is 5.28. The first-order chi connectivity index (χ1) is 17.5. The number of thiophene rings is 1. The van der Waals surface area contributed by atoms with Crippen LogP contribution in [0.4, 0.5) is 18.2 Å². The number of alkyl halides is 3. The monoisotopic (exact) mass is 547 g/mol. The van der Waals surface area contributed by atoms with Gasteiger partial charge in [-0.2, -0.15) is 0 Å². The van der Waals surface area contributed by atoms with Crippen LogP contribution in [-0.2, 0) is 16.6 Å². The number of halogens is 3. The van der Waals surface area contributed by atoms with Crippen LogP contribution in [0.3, 0.4) is 0 Å². The Kier molecular flexibility index (Phi) is 6.36. The van der Waals surface area contributed by atoms with Gasteiger partial charge >= 0.3 is 12.3 Å². The lowest BCUT2D eigenvalue weighted by Crippen LogP contribution is -2.30. The molecule has 0 saturated heterocycles. The highest BCUT2D eigenvalue weighted by Gasteiger charge is 2.36. The van der Waals surface area contributed by atoms with Crippen LogP contribution in [0.15, 0.2) is 77.7 Å². The molecule has 37 heavy (non-hydrogen) atoms. The summed E-state index contributed by atoms with van der Waals surface area (Å²) in [6, 6.07) is 17.7. The average Bonchev–Trinajstić information content (AvgIpc) is 3.62. The lowest BCUT2D eigenvalue weighted by molar-refractivity contribution is -0.274. The molecule has 5 rings (SSSR count). The van der Waals surface area contributed by atoms with Gasteiger partial charge in [-0.3, -0.25) is 4.31 Å². The van der Waals surface area contributed by atoms with Gasteiger partial charge < -0.3 is 9.84 Å². The normalized spacial score (nSPS) is 14.0. The zero-order chi connectivity index (χ0) is 26.4. The van der Waals surface area contributed by atoms with Gasteiger partial charge in [0.05, 0.1) is 17.0 Å². The maximum atomic E-state index is 14.0. The highest BCUT2D eigenvalue weighted by molar-refractivity contribution is 7.93. The maximum absolute atomic E-state index is 14.0. The average molecular weight is 548 g/mol. The number of carboxylic acids is 1. The molecule has 0 atom stereocenters. The molecule has 11 heteroatoms. The Balaban J connectivity index is 1.60. The van der Waals surface area contributed by atoms with Gasteiger partial charge in [0.15, 0.2) is 0 Å². The van der Waals surface area contributed by atoms with Gasteiger partial charge in [0, 0.05) is 4.70 Å². The summed E-state index contributed by atoms with van der Waals surface area (Å²) >= 11 is 1.34. The molecule has 1 aliphatic carbocycles. The summed E-state index contributed by atoms with van der Waals surface area (Å²) in [5, 5.41) is 10.7. The molecular weight excluding hydrogens is 527 g/mol. The summed E-state index contributed by atoms with van der Waals surface area (Å²) in [5.74, 6) is -1.38. The predicted octanol–water partition coefficient (Wildman–Crippen LogP) is 6.77. The Hall–Kier alpha value is -3.57. The first-order valence-electron chi connectivity index (χ1n) is 11.2. The first-order valence-corrected chi connectivity index (χ1v) is 13.5. The van der Waals surface area contributed by atoms with Crippen LogP contribution < -0.4 is 9.04 Å². The SMILES string of the molecule is O=C(O)c1ccc(S(=O)(=O)N(Cc2ccc(OC(F)(F)F)cc2)c2sc3ccccc3c2C2CC2)cc1. The molecule has 1 N–H and O–H groups in total. The summed E-state index contributed by atoms with van der Waals surface area (Å²) in [6.07, 6.45) is -2.98. The predicted molar refractivity (Wildman–Crippen MR) is 134 cm³/mol. The highest BCUT2D eigenvalue weighted by Crippen LogP contribution is 2.52. The van der Waals surface area contributed by atoms with Crippen LogP contribution in [0, 0.1) is 0 Å². The number of carboxylic acid groups (broad SMARTS) is 1. The third-order valence-corrected chi connectivity index (χ3v) is 9.08. The fourth-order valence-corrected chi connectivity index (χ4v) is 7.10. The van der Waals surface area contributed by atoms with Crippen LogP contribution in [0.1, 0.15) is 40.2 Å².